The Morgan fingerprint density at radius 2 is 1.95 bits per heavy atom. The molecule has 1 amide bonds. The van der Waals surface area contributed by atoms with E-state index in [2.05, 4.69) is 10.3 Å². The number of pyridine rings is 1. The SMILES string of the molecule is Cc1ccc(C(C)NC(=O)c2cnc3ccccn23)cc1. The summed E-state index contributed by atoms with van der Waals surface area (Å²) in [5, 5.41) is 3.01. The molecule has 1 N–H and O–H groups in total. The largest absolute Gasteiger partial charge is 0.344 e. The Balaban J connectivity index is 1.81. The van der Waals surface area contributed by atoms with Gasteiger partial charge in [0, 0.05) is 6.20 Å². The van der Waals surface area contributed by atoms with Crippen molar-refractivity contribution in [3.63, 3.8) is 0 Å². The summed E-state index contributed by atoms with van der Waals surface area (Å²) in [5.74, 6) is -0.123. The van der Waals surface area contributed by atoms with Gasteiger partial charge < -0.3 is 5.32 Å². The van der Waals surface area contributed by atoms with Gasteiger partial charge in [-0.2, -0.15) is 0 Å². The predicted molar refractivity (Wildman–Crippen MR) is 82.3 cm³/mol. The molecule has 106 valence electrons. The van der Waals surface area contributed by atoms with Gasteiger partial charge in [0.05, 0.1) is 12.2 Å². The van der Waals surface area contributed by atoms with E-state index in [-0.39, 0.29) is 11.9 Å². The predicted octanol–water partition coefficient (Wildman–Crippen LogP) is 3.13. The molecule has 4 nitrogen and oxygen atoms in total. The summed E-state index contributed by atoms with van der Waals surface area (Å²) < 4.78 is 1.79. The van der Waals surface area contributed by atoms with Crippen LogP contribution in [0, 0.1) is 6.92 Å². The third-order valence-electron chi connectivity index (χ3n) is 3.57. The van der Waals surface area contributed by atoms with Crippen LogP contribution in [0.3, 0.4) is 0 Å². The van der Waals surface area contributed by atoms with Gasteiger partial charge in [-0.05, 0) is 31.5 Å². The molecule has 21 heavy (non-hydrogen) atoms. The topological polar surface area (TPSA) is 46.4 Å². The van der Waals surface area contributed by atoms with Gasteiger partial charge >= 0.3 is 0 Å². The molecule has 0 saturated carbocycles. The highest BCUT2D eigenvalue weighted by Crippen LogP contribution is 2.14. The lowest BCUT2D eigenvalue weighted by molar-refractivity contribution is 0.0934. The number of rotatable bonds is 3. The third kappa shape index (κ3) is 2.65. The highest BCUT2D eigenvalue weighted by molar-refractivity contribution is 5.93. The van der Waals surface area contributed by atoms with Crippen molar-refractivity contribution in [2.45, 2.75) is 19.9 Å². The number of hydrogen-bond acceptors (Lipinski definition) is 2. The van der Waals surface area contributed by atoms with E-state index in [0.717, 1.165) is 11.2 Å². The minimum Gasteiger partial charge on any atom is -0.344 e. The third-order valence-corrected chi connectivity index (χ3v) is 3.57. The molecule has 0 aliphatic carbocycles. The zero-order valence-electron chi connectivity index (χ0n) is 12.1. The molecule has 0 aliphatic rings. The molecule has 2 aromatic heterocycles. The molecule has 0 aliphatic heterocycles. The number of amides is 1. The Labute approximate surface area is 123 Å². The molecule has 2 heterocycles. The van der Waals surface area contributed by atoms with Crippen LogP contribution in [0.1, 0.15) is 34.6 Å². The van der Waals surface area contributed by atoms with E-state index < -0.39 is 0 Å². The molecule has 4 heteroatoms. The molecule has 1 unspecified atom stereocenters. The average Bonchev–Trinajstić information content (AvgIpc) is 2.92. The number of hydrogen-bond donors (Lipinski definition) is 1. The van der Waals surface area contributed by atoms with Crippen molar-refractivity contribution in [2.24, 2.45) is 0 Å². The first-order chi connectivity index (χ1) is 10.1. The highest BCUT2D eigenvalue weighted by atomic mass is 16.2. The van der Waals surface area contributed by atoms with Crippen LogP contribution >= 0.6 is 0 Å². The van der Waals surface area contributed by atoms with Gasteiger partial charge in [-0.15, -0.1) is 0 Å². The Morgan fingerprint density at radius 1 is 1.19 bits per heavy atom. The van der Waals surface area contributed by atoms with Gasteiger partial charge in [-0.3, -0.25) is 9.20 Å². The van der Waals surface area contributed by atoms with Crippen molar-refractivity contribution in [1.29, 1.82) is 0 Å². The Hall–Kier alpha value is -2.62. The number of carbonyl (C=O) groups is 1. The second-order valence-electron chi connectivity index (χ2n) is 5.18. The fourth-order valence-corrected chi connectivity index (χ4v) is 2.31. The van der Waals surface area contributed by atoms with Crippen molar-refractivity contribution in [3.05, 3.63) is 71.7 Å². The molecule has 1 aromatic carbocycles. The van der Waals surface area contributed by atoms with E-state index in [1.165, 1.54) is 5.56 Å². The fraction of sp³-hybridized carbons (Fsp3) is 0.176. The van der Waals surface area contributed by atoms with Gasteiger partial charge in [-0.1, -0.05) is 35.9 Å². The van der Waals surface area contributed by atoms with E-state index in [1.54, 1.807) is 10.6 Å². The molecule has 3 aromatic rings. The second kappa shape index (κ2) is 5.40. The molecular formula is C17H17N3O. The quantitative estimate of drug-likeness (QED) is 0.800. The summed E-state index contributed by atoms with van der Waals surface area (Å²) in [4.78, 5) is 16.6. The number of nitrogens with one attached hydrogen (secondary N) is 1. The van der Waals surface area contributed by atoms with Crippen LogP contribution < -0.4 is 5.32 Å². The molecule has 0 spiro atoms. The lowest BCUT2D eigenvalue weighted by Gasteiger charge is -2.14. The summed E-state index contributed by atoms with van der Waals surface area (Å²) in [5.41, 5.74) is 3.61. The Morgan fingerprint density at radius 3 is 2.71 bits per heavy atom. The van der Waals surface area contributed by atoms with Gasteiger partial charge in [0.15, 0.2) is 0 Å². The maximum Gasteiger partial charge on any atom is 0.270 e. The maximum absolute atomic E-state index is 12.4. The van der Waals surface area contributed by atoms with E-state index in [0.29, 0.717) is 5.69 Å². The smallest absolute Gasteiger partial charge is 0.270 e. The molecule has 0 radical (unpaired) electrons. The number of fused-ring (bicyclic) bond motifs is 1. The Bertz CT molecular complexity index is 774. The Kier molecular flexibility index (Phi) is 3.44. The van der Waals surface area contributed by atoms with Gasteiger partial charge in [0.25, 0.3) is 5.91 Å². The zero-order valence-corrected chi connectivity index (χ0v) is 12.1. The molecule has 3 rings (SSSR count). The molecule has 1 atom stereocenters. The minimum absolute atomic E-state index is 0.0487. The summed E-state index contributed by atoms with van der Waals surface area (Å²) >= 11 is 0. The number of carbonyl (C=O) groups excluding carboxylic acids is 1. The molecule has 0 saturated heterocycles. The lowest BCUT2D eigenvalue weighted by atomic mass is 10.1. The van der Waals surface area contributed by atoms with Crippen molar-refractivity contribution in [1.82, 2.24) is 14.7 Å². The number of benzene rings is 1. The van der Waals surface area contributed by atoms with E-state index >= 15 is 0 Å². The first-order valence-corrected chi connectivity index (χ1v) is 6.94. The van der Waals surface area contributed by atoms with Crippen LogP contribution in [0.4, 0.5) is 0 Å². The average molecular weight is 279 g/mol. The minimum atomic E-state index is -0.123. The van der Waals surface area contributed by atoms with Crippen LogP contribution in [0.5, 0.6) is 0 Å². The lowest BCUT2D eigenvalue weighted by Crippen LogP contribution is -2.27. The second-order valence-corrected chi connectivity index (χ2v) is 5.18. The monoisotopic (exact) mass is 279 g/mol. The maximum atomic E-state index is 12.4. The highest BCUT2D eigenvalue weighted by Gasteiger charge is 2.15. The number of nitrogens with zero attached hydrogens (tertiary/aromatic N) is 2. The van der Waals surface area contributed by atoms with Crippen molar-refractivity contribution < 1.29 is 4.79 Å². The van der Waals surface area contributed by atoms with E-state index in [4.69, 9.17) is 0 Å². The molecule has 0 bridgehead atoms. The van der Waals surface area contributed by atoms with Gasteiger partial charge in [0.2, 0.25) is 0 Å². The first-order valence-electron chi connectivity index (χ1n) is 6.94. The summed E-state index contributed by atoms with van der Waals surface area (Å²) in [6, 6.07) is 13.8. The van der Waals surface area contributed by atoms with E-state index in [9.17, 15) is 4.79 Å². The normalized spacial score (nSPS) is 12.3. The van der Waals surface area contributed by atoms with Crippen molar-refractivity contribution in [2.75, 3.05) is 0 Å². The van der Waals surface area contributed by atoms with Crippen molar-refractivity contribution >= 4 is 11.6 Å². The number of imidazole rings is 1. The van der Waals surface area contributed by atoms with Crippen LogP contribution in [0.2, 0.25) is 0 Å². The van der Waals surface area contributed by atoms with Gasteiger partial charge in [0.1, 0.15) is 11.3 Å². The fourth-order valence-electron chi connectivity index (χ4n) is 2.31. The zero-order chi connectivity index (χ0) is 14.8. The van der Waals surface area contributed by atoms with Crippen LogP contribution in [-0.2, 0) is 0 Å². The summed E-state index contributed by atoms with van der Waals surface area (Å²) in [7, 11) is 0. The molecular weight excluding hydrogens is 262 g/mol. The van der Waals surface area contributed by atoms with Crippen LogP contribution in [-0.4, -0.2) is 15.3 Å². The van der Waals surface area contributed by atoms with Gasteiger partial charge in [-0.25, -0.2) is 4.98 Å². The first kappa shape index (κ1) is 13.4. The van der Waals surface area contributed by atoms with Crippen LogP contribution in [0.25, 0.3) is 5.65 Å². The van der Waals surface area contributed by atoms with Crippen LogP contribution in [0.15, 0.2) is 54.9 Å². The standard InChI is InChI=1S/C17H17N3O/c1-12-6-8-14(9-7-12)13(2)19-17(21)15-11-18-16-5-3-4-10-20(15)16/h3-11,13H,1-2H3,(H,19,21). The van der Waals surface area contributed by atoms with Crippen molar-refractivity contribution in [3.8, 4) is 0 Å². The van der Waals surface area contributed by atoms with E-state index in [1.807, 2.05) is 62.5 Å². The summed E-state index contributed by atoms with van der Waals surface area (Å²) in [6.07, 6.45) is 3.44. The molecule has 0 fully saturated rings. The number of aromatic nitrogens is 2. The summed E-state index contributed by atoms with van der Waals surface area (Å²) in [6.45, 7) is 4.03. The number of aryl methyl sites for hydroxylation is 1.